The topological polar surface area (TPSA) is 52.7 Å². The summed E-state index contributed by atoms with van der Waals surface area (Å²) >= 11 is 0. The molecular formula is C14H24FN3O2. The van der Waals surface area contributed by atoms with Crippen LogP contribution in [0.15, 0.2) is 0 Å². The van der Waals surface area contributed by atoms with Gasteiger partial charge in [-0.1, -0.05) is 0 Å². The summed E-state index contributed by atoms with van der Waals surface area (Å²) in [4.78, 5) is 27.4. The van der Waals surface area contributed by atoms with Gasteiger partial charge in [0.15, 0.2) is 5.67 Å². The van der Waals surface area contributed by atoms with Crippen molar-refractivity contribution >= 4 is 11.9 Å². The lowest BCUT2D eigenvalue weighted by atomic mass is 9.92. The molecule has 2 fully saturated rings. The van der Waals surface area contributed by atoms with Gasteiger partial charge >= 0.3 is 6.03 Å². The molecule has 3 amide bonds. The highest BCUT2D eigenvalue weighted by atomic mass is 19.1. The van der Waals surface area contributed by atoms with Crippen LogP contribution in [0.4, 0.5) is 9.18 Å². The molecule has 0 unspecified atom stereocenters. The second kappa shape index (κ2) is 5.97. The molecule has 1 heterocycles. The van der Waals surface area contributed by atoms with E-state index in [0.717, 1.165) is 12.8 Å². The number of hydrogen-bond donors (Lipinski definition) is 1. The Bertz CT molecular complexity index is 373. The van der Waals surface area contributed by atoms with Crippen molar-refractivity contribution < 1.29 is 14.0 Å². The molecule has 2 aliphatic rings. The Kier molecular flexibility index (Phi) is 4.50. The monoisotopic (exact) mass is 285 g/mol. The van der Waals surface area contributed by atoms with E-state index in [4.69, 9.17) is 0 Å². The minimum atomic E-state index is -1.80. The van der Waals surface area contributed by atoms with Gasteiger partial charge in [0.25, 0.3) is 5.91 Å². The van der Waals surface area contributed by atoms with Crippen LogP contribution in [0.1, 0.15) is 39.5 Å². The fraction of sp³-hybridized carbons (Fsp3) is 0.857. The summed E-state index contributed by atoms with van der Waals surface area (Å²) in [5, 5.41) is 2.73. The molecule has 1 saturated carbocycles. The molecule has 1 aliphatic heterocycles. The molecule has 1 N–H and O–H groups in total. The van der Waals surface area contributed by atoms with Crippen LogP contribution in [0.5, 0.6) is 0 Å². The van der Waals surface area contributed by atoms with Crippen molar-refractivity contribution in [1.29, 1.82) is 0 Å². The van der Waals surface area contributed by atoms with Crippen LogP contribution in [0.3, 0.4) is 0 Å². The van der Waals surface area contributed by atoms with Gasteiger partial charge in [-0.25, -0.2) is 9.18 Å². The summed E-state index contributed by atoms with van der Waals surface area (Å²) in [6.07, 6.45) is 2.10. The number of nitrogens with one attached hydrogen (secondary N) is 1. The van der Waals surface area contributed by atoms with Gasteiger partial charge < -0.3 is 15.1 Å². The van der Waals surface area contributed by atoms with Gasteiger partial charge in [-0.2, -0.15) is 0 Å². The maximum Gasteiger partial charge on any atom is 0.319 e. The number of halogens is 1. The lowest BCUT2D eigenvalue weighted by Gasteiger charge is -2.37. The highest BCUT2D eigenvalue weighted by Gasteiger charge is 2.44. The standard InChI is InChI=1S/C14H24FN3O2/c1-3-17(4-2)13(20)18-9-7-14(15,8-10-18)12(19)16-11-5-6-11/h11H,3-10H2,1-2H3,(H,16,19). The first-order chi connectivity index (χ1) is 9.50. The summed E-state index contributed by atoms with van der Waals surface area (Å²) in [5.41, 5.74) is -1.80. The van der Waals surface area contributed by atoms with Crippen molar-refractivity contribution in [1.82, 2.24) is 15.1 Å². The van der Waals surface area contributed by atoms with E-state index in [1.54, 1.807) is 9.80 Å². The number of amides is 3. The Hall–Kier alpha value is -1.33. The van der Waals surface area contributed by atoms with Gasteiger partial charge in [0, 0.05) is 45.1 Å². The van der Waals surface area contributed by atoms with Gasteiger partial charge in [0.05, 0.1) is 0 Å². The van der Waals surface area contributed by atoms with E-state index < -0.39 is 11.6 Å². The van der Waals surface area contributed by atoms with Crippen molar-refractivity contribution in [3.8, 4) is 0 Å². The molecule has 6 heteroatoms. The van der Waals surface area contributed by atoms with Crippen LogP contribution in [0, 0.1) is 0 Å². The normalized spacial score (nSPS) is 21.4. The van der Waals surface area contributed by atoms with E-state index in [-0.39, 0.29) is 24.9 Å². The molecule has 5 nitrogen and oxygen atoms in total. The van der Waals surface area contributed by atoms with Crippen molar-refractivity contribution in [2.24, 2.45) is 0 Å². The van der Waals surface area contributed by atoms with E-state index in [0.29, 0.717) is 26.2 Å². The zero-order chi connectivity index (χ0) is 14.8. The Labute approximate surface area is 119 Å². The van der Waals surface area contributed by atoms with Gasteiger partial charge in [-0.05, 0) is 26.7 Å². The van der Waals surface area contributed by atoms with Gasteiger partial charge in [-0.3, -0.25) is 4.79 Å². The second-order valence-corrected chi connectivity index (χ2v) is 5.65. The molecule has 0 spiro atoms. The number of urea groups is 1. The first-order valence-electron chi connectivity index (χ1n) is 7.54. The number of carbonyl (C=O) groups excluding carboxylic acids is 2. The Morgan fingerprint density at radius 3 is 2.25 bits per heavy atom. The van der Waals surface area contributed by atoms with E-state index in [9.17, 15) is 14.0 Å². The lowest BCUT2D eigenvalue weighted by molar-refractivity contribution is -0.135. The average molecular weight is 285 g/mol. The highest BCUT2D eigenvalue weighted by Crippen LogP contribution is 2.29. The smallest absolute Gasteiger partial charge is 0.319 e. The van der Waals surface area contributed by atoms with Crippen LogP contribution in [-0.2, 0) is 4.79 Å². The van der Waals surface area contributed by atoms with Crippen LogP contribution in [0.25, 0.3) is 0 Å². The third-order valence-electron chi connectivity index (χ3n) is 4.18. The summed E-state index contributed by atoms with van der Waals surface area (Å²) in [6.45, 7) is 5.76. The quantitative estimate of drug-likeness (QED) is 0.851. The van der Waals surface area contributed by atoms with Crippen molar-refractivity contribution in [3.05, 3.63) is 0 Å². The summed E-state index contributed by atoms with van der Waals surface area (Å²) < 4.78 is 14.6. The molecule has 20 heavy (non-hydrogen) atoms. The molecule has 2 rings (SSSR count). The molecule has 0 bridgehead atoms. The third-order valence-corrected chi connectivity index (χ3v) is 4.18. The molecule has 0 aromatic heterocycles. The van der Waals surface area contributed by atoms with E-state index in [1.165, 1.54) is 0 Å². The third kappa shape index (κ3) is 3.22. The second-order valence-electron chi connectivity index (χ2n) is 5.65. The number of alkyl halides is 1. The minimum absolute atomic E-state index is 0.0559. The molecule has 0 aromatic carbocycles. The van der Waals surface area contributed by atoms with Crippen LogP contribution >= 0.6 is 0 Å². The van der Waals surface area contributed by atoms with Gasteiger partial charge in [0.1, 0.15) is 0 Å². The summed E-state index contributed by atoms with van der Waals surface area (Å²) in [5.74, 6) is -0.491. The molecule has 0 aromatic rings. The zero-order valence-corrected chi connectivity index (χ0v) is 12.3. The largest absolute Gasteiger partial charge is 0.351 e. The first-order valence-corrected chi connectivity index (χ1v) is 7.54. The summed E-state index contributed by atoms with van der Waals surface area (Å²) in [7, 11) is 0. The van der Waals surface area contributed by atoms with E-state index >= 15 is 0 Å². The Balaban J connectivity index is 1.87. The molecule has 0 radical (unpaired) electrons. The van der Waals surface area contributed by atoms with Crippen molar-refractivity contribution in [3.63, 3.8) is 0 Å². The minimum Gasteiger partial charge on any atom is -0.351 e. The van der Waals surface area contributed by atoms with E-state index in [1.807, 2.05) is 13.8 Å². The molecule has 1 aliphatic carbocycles. The average Bonchev–Trinajstić information content (AvgIpc) is 3.24. The SMILES string of the molecule is CCN(CC)C(=O)N1CCC(F)(C(=O)NC2CC2)CC1. The highest BCUT2D eigenvalue weighted by molar-refractivity contribution is 5.86. The number of likely N-dealkylation sites (tertiary alicyclic amines) is 1. The van der Waals surface area contributed by atoms with Crippen LogP contribution in [-0.4, -0.2) is 59.6 Å². The predicted molar refractivity (Wildman–Crippen MR) is 74.1 cm³/mol. The number of carbonyl (C=O) groups is 2. The maximum atomic E-state index is 14.6. The maximum absolute atomic E-state index is 14.6. The Morgan fingerprint density at radius 1 is 1.25 bits per heavy atom. The summed E-state index contributed by atoms with van der Waals surface area (Å²) in [6, 6.07) is 0.116. The Morgan fingerprint density at radius 2 is 1.80 bits per heavy atom. The number of rotatable bonds is 4. The van der Waals surface area contributed by atoms with Crippen LogP contribution in [0.2, 0.25) is 0 Å². The number of hydrogen-bond acceptors (Lipinski definition) is 2. The molecule has 0 atom stereocenters. The van der Waals surface area contributed by atoms with E-state index in [2.05, 4.69) is 5.32 Å². The molecular weight excluding hydrogens is 261 g/mol. The van der Waals surface area contributed by atoms with Gasteiger partial charge in [0.2, 0.25) is 0 Å². The lowest BCUT2D eigenvalue weighted by Crippen LogP contribution is -2.54. The predicted octanol–water partition coefficient (Wildman–Crippen LogP) is 1.53. The molecule has 114 valence electrons. The number of piperidine rings is 1. The number of nitrogens with zero attached hydrogens (tertiary/aromatic N) is 2. The van der Waals surface area contributed by atoms with Crippen molar-refractivity contribution in [2.75, 3.05) is 26.2 Å². The first kappa shape index (κ1) is 15.1. The molecule has 1 saturated heterocycles. The fourth-order valence-electron chi connectivity index (χ4n) is 2.52. The van der Waals surface area contributed by atoms with Crippen LogP contribution < -0.4 is 5.32 Å². The zero-order valence-electron chi connectivity index (χ0n) is 12.3. The fourth-order valence-corrected chi connectivity index (χ4v) is 2.52. The van der Waals surface area contributed by atoms with Gasteiger partial charge in [-0.15, -0.1) is 0 Å². The van der Waals surface area contributed by atoms with Crippen molar-refractivity contribution in [2.45, 2.75) is 51.2 Å².